The standard InChI is InChI=1S/C51H38BNSSi/c1-33-30-34(2)49(35(3)31-33)52-42-23-11-12-25-44(42)53-45-32-36(39-21-14-22-41-40-20-10-13-26-46(40)54-51(39)41)28-29-47(45)55(37-16-6-4-7-17-37,38-18-8-5-9-19-38)48-27-15-24-43(52)50(48)53/h4-32H,1-3H3. The van der Waals surface area contributed by atoms with E-state index in [4.69, 9.17) is 0 Å². The average Bonchev–Trinajstić information content (AvgIpc) is 3.61. The summed E-state index contributed by atoms with van der Waals surface area (Å²) in [6.07, 6.45) is 0. The minimum absolute atomic E-state index is 0.110. The Morgan fingerprint density at radius 1 is 0.509 bits per heavy atom. The minimum atomic E-state index is -2.86. The van der Waals surface area contributed by atoms with Gasteiger partial charge in [0.1, 0.15) is 0 Å². The maximum atomic E-state index is 2.65. The summed E-state index contributed by atoms with van der Waals surface area (Å²) in [5.41, 5.74) is 14.7. The highest BCUT2D eigenvalue weighted by molar-refractivity contribution is 7.26. The van der Waals surface area contributed by atoms with Crippen LogP contribution in [-0.2, 0) is 0 Å². The number of hydrogen-bond donors (Lipinski definition) is 0. The van der Waals surface area contributed by atoms with Crippen LogP contribution in [0.3, 0.4) is 0 Å². The van der Waals surface area contributed by atoms with E-state index < -0.39 is 8.07 Å². The number of anilines is 3. The molecule has 9 aromatic rings. The molecule has 0 atom stereocenters. The molecule has 2 aliphatic heterocycles. The molecule has 0 amide bonds. The molecule has 55 heavy (non-hydrogen) atoms. The summed E-state index contributed by atoms with van der Waals surface area (Å²) in [7, 11) is -2.86. The number of thiophene rings is 1. The number of nitrogens with zero attached hydrogens (tertiary/aromatic N) is 1. The van der Waals surface area contributed by atoms with E-state index in [2.05, 4.69) is 202 Å². The molecular weight excluding hydrogens is 698 g/mol. The Labute approximate surface area is 328 Å². The van der Waals surface area contributed by atoms with Gasteiger partial charge >= 0.3 is 0 Å². The molecule has 260 valence electrons. The third-order valence-corrected chi connectivity index (χ3v) is 18.4. The Bertz CT molecular complexity index is 2920. The van der Waals surface area contributed by atoms with Gasteiger partial charge < -0.3 is 4.90 Å². The van der Waals surface area contributed by atoms with Gasteiger partial charge in [0.05, 0.1) is 0 Å². The lowest BCUT2D eigenvalue weighted by molar-refractivity contribution is 1.30. The second-order valence-corrected chi connectivity index (χ2v) is 20.2. The Hall–Kier alpha value is -5.94. The highest BCUT2D eigenvalue weighted by atomic mass is 32.1. The third-order valence-electron chi connectivity index (χ3n) is 12.3. The van der Waals surface area contributed by atoms with Crippen molar-refractivity contribution >= 4 is 100 Å². The van der Waals surface area contributed by atoms with Gasteiger partial charge in [0.15, 0.2) is 8.07 Å². The Morgan fingerprint density at radius 3 is 1.91 bits per heavy atom. The summed E-state index contributed by atoms with van der Waals surface area (Å²) in [5, 5.41) is 8.36. The van der Waals surface area contributed by atoms with Crippen LogP contribution in [0.4, 0.5) is 17.1 Å². The van der Waals surface area contributed by atoms with Gasteiger partial charge in [-0.05, 0) is 81.8 Å². The van der Waals surface area contributed by atoms with E-state index in [1.165, 1.54) is 102 Å². The smallest absolute Gasteiger partial charge is 0.247 e. The molecule has 0 radical (unpaired) electrons. The van der Waals surface area contributed by atoms with E-state index in [1.807, 2.05) is 11.3 Å². The van der Waals surface area contributed by atoms with Crippen LogP contribution in [0, 0.1) is 20.8 Å². The first-order valence-corrected chi connectivity index (χ1v) is 22.1. The normalized spacial score (nSPS) is 13.8. The predicted octanol–water partition coefficient (Wildman–Crippen LogP) is 8.64. The molecule has 4 heteroatoms. The van der Waals surface area contributed by atoms with Crippen molar-refractivity contribution in [3.05, 3.63) is 193 Å². The van der Waals surface area contributed by atoms with Gasteiger partial charge in [-0.1, -0.05) is 180 Å². The van der Waals surface area contributed by atoms with E-state index in [1.54, 1.807) is 0 Å². The fraction of sp³-hybridized carbons (Fsp3) is 0.0588. The highest BCUT2D eigenvalue weighted by Crippen LogP contribution is 2.44. The molecule has 0 bridgehead atoms. The summed E-state index contributed by atoms with van der Waals surface area (Å²) in [6.45, 7) is 6.95. The second-order valence-electron chi connectivity index (χ2n) is 15.4. The van der Waals surface area contributed by atoms with Crippen molar-refractivity contribution in [1.82, 2.24) is 0 Å². The average molecular weight is 736 g/mol. The molecule has 1 nitrogen and oxygen atoms in total. The van der Waals surface area contributed by atoms with Gasteiger partial charge in [0.2, 0.25) is 6.71 Å². The quantitative estimate of drug-likeness (QED) is 0.164. The molecule has 8 aromatic carbocycles. The highest BCUT2D eigenvalue weighted by Gasteiger charge is 2.52. The van der Waals surface area contributed by atoms with Crippen LogP contribution in [0.15, 0.2) is 176 Å². The lowest BCUT2D eigenvalue weighted by Gasteiger charge is -2.49. The maximum absolute atomic E-state index is 2.86. The van der Waals surface area contributed by atoms with Crippen LogP contribution in [-0.4, -0.2) is 14.8 Å². The molecule has 0 spiro atoms. The summed E-state index contributed by atoms with van der Waals surface area (Å²) >= 11 is 1.91. The fourth-order valence-corrected chi connectivity index (χ4v) is 16.6. The molecule has 0 saturated carbocycles. The fourth-order valence-electron chi connectivity index (χ4n) is 10.3. The topological polar surface area (TPSA) is 3.24 Å². The molecule has 3 heterocycles. The molecule has 0 N–H and O–H groups in total. The number of benzene rings is 8. The number of fused-ring (bicyclic) bond motifs is 7. The molecule has 11 rings (SSSR count). The third kappa shape index (κ3) is 4.59. The molecular formula is C51H38BNSSi. The zero-order valence-electron chi connectivity index (χ0n) is 31.2. The number of hydrogen-bond acceptors (Lipinski definition) is 2. The summed E-state index contributed by atoms with van der Waals surface area (Å²) < 4.78 is 2.68. The molecule has 1 aromatic heterocycles. The largest absolute Gasteiger partial charge is 0.312 e. The van der Waals surface area contributed by atoms with Crippen molar-refractivity contribution in [3.63, 3.8) is 0 Å². The van der Waals surface area contributed by atoms with Gasteiger partial charge in [-0.15, -0.1) is 11.3 Å². The van der Waals surface area contributed by atoms with Crippen molar-refractivity contribution in [2.45, 2.75) is 20.8 Å². The van der Waals surface area contributed by atoms with Gasteiger partial charge in [0.25, 0.3) is 0 Å². The van der Waals surface area contributed by atoms with Crippen molar-refractivity contribution in [3.8, 4) is 11.1 Å². The van der Waals surface area contributed by atoms with Crippen LogP contribution in [0.1, 0.15) is 16.7 Å². The zero-order chi connectivity index (χ0) is 36.8. The number of aryl methyl sites for hydroxylation is 3. The van der Waals surface area contributed by atoms with E-state index in [0.29, 0.717) is 0 Å². The van der Waals surface area contributed by atoms with Gasteiger partial charge in [-0.2, -0.15) is 0 Å². The van der Waals surface area contributed by atoms with Crippen molar-refractivity contribution in [1.29, 1.82) is 0 Å². The molecule has 2 aliphatic rings. The Kier molecular flexibility index (Phi) is 7.26. The van der Waals surface area contributed by atoms with E-state index in [0.717, 1.165) is 0 Å². The maximum Gasteiger partial charge on any atom is 0.247 e. The van der Waals surface area contributed by atoms with Crippen molar-refractivity contribution in [2.24, 2.45) is 0 Å². The number of para-hydroxylation sites is 2. The van der Waals surface area contributed by atoms with Crippen LogP contribution < -0.4 is 42.0 Å². The van der Waals surface area contributed by atoms with Gasteiger partial charge in [-0.25, -0.2) is 0 Å². The van der Waals surface area contributed by atoms with Crippen LogP contribution in [0.5, 0.6) is 0 Å². The SMILES string of the molecule is Cc1cc(C)c(B2c3ccccc3N3c4cc(-c5cccc6c5sc5ccccc56)ccc4[Si](c4ccccc4)(c4ccccc4)c4cccc2c43)c(C)c1. The number of rotatable bonds is 4. The van der Waals surface area contributed by atoms with E-state index in [-0.39, 0.29) is 6.71 Å². The van der Waals surface area contributed by atoms with Crippen molar-refractivity contribution in [2.75, 3.05) is 4.90 Å². The van der Waals surface area contributed by atoms with Gasteiger partial charge in [-0.3, -0.25) is 0 Å². The summed E-state index contributed by atoms with van der Waals surface area (Å²) in [5.74, 6) is 0. The molecule has 0 saturated heterocycles. The molecule has 0 unspecified atom stereocenters. The zero-order valence-corrected chi connectivity index (χ0v) is 33.0. The van der Waals surface area contributed by atoms with E-state index in [9.17, 15) is 0 Å². The Morgan fingerprint density at radius 2 is 1.15 bits per heavy atom. The lowest BCUT2D eigenvalue weighted by Crippen LogP contribution is -2.78. The van der Waals surface area contributed by atoms with Crippen molar-refractivity contribution < 1.29 is 0 Å². The first-order chi connectivity index (χ1) is 27.0. The Balaban J connectivity index is 1.28. The first-order valence-electron chi connectivity index (χ1n) is 19.3. The lowest BCUT2D eigenvalue weighted by atomic mass is 9.34. The van der Waals surface area contributed by atoms with Crippen LogP contribution >= 0.6 is 11.3 Å². The van der Waals surface area contributed by atoms with E-state index >= 15 is 0 Å². The second kappa shape index (κ2) is 12.3. The molecule has 0 aliphatic carbocycles. The van der Waals surface area contributed by atoms with Crippen LogP contribution in [0.25, 0.3) is 31.3 Å². The monoisotopic (exact) mass is 735 g/mol. The summed E-state index contributed by atoms with van der Waals surface area (Å²) in [4.78, 5) is 2.65. The predicted molar refractivity (Wildman–Crippen MR) is 242 cm³/mol. The van der Waals surface area contributed by atoms with Crippen LogP contribution in [0.2, 0.25) is 0 Å². The molecule has 0 fully saturated rings. The van der Waals surface area contributed by atoms with Gasteiger partial charge in [0, 0.05) is 37.2 Å². The first kappa shape index (κ1) is 32.5. The minimum Gasteiger partial charge on any atom is -0.312 e. The summed E-state index contributed by atoms with van der Waals surface area (Å²) in [6, 6.07) is 67.2.